The van der Waals surface area contributed by atoms with Crippen molar-refractivity contribution in [3.8, 4) is 0 Å². The molecule has 3 aliphatic rings. The molecule has 6 nitrogen and oxygen atoms in total. The van der Waals surface area contributed by atoms with Crippen molar-refractivity contribution >= 4 is 17.9 Å². The number of carboxylic acid groups (broad SMARTS) is 1. The second-order valence-corrected chi connectivity index (χ2v) is 7.28. The van der Waals surface area contributed by atoms with Crippen LogP contribution in [0.5, 0.6) is 0 Å². The van der Waals surface area contributed by atoms with E-state index >= 15 is 0 Å². The summed E-state index contributed by atoms with van der Waals surface area (Å²) >= 11 is 0. The smallest absolute Gasteiger partial charge is 0.311 e. The summed E-state index contributed by atoms with van der Waals surface area (Å²) in [6, 6.07) is 0. The molecule has 142 valence electrons. The van der Waals surface area contributed by atoms with Crippen molar-refractivity contribution < 1.29 is 29.0 Å². The number of esters is 2. The molecule has 0 aromatic rings. The molecule has 0 aromatic heterocycles. The van der Waals surface area contributed by atoms with E-state index in [1.807, 2.05) is 20.8 Å². The van der Waals surface area contributed by atoms with E-state index in [2.05, 4.69) is 16.9 Å². The highest BCUT2D eigenvalue weighted by Crippen LogP contribution is 2.40. The van der Waals surface area contributed by atoms with Crippen LogP contribution in [0.4, 0.5) is 0 Å². The highest BCUT2D eigenvalue weighted by atomic mass is 16.6. The van der Waals surface area contributed by atoms with Crippen molar-refractivity contribution in [2.24, 2.45) is 23.2 Å². The van der Waals surface area contributed by atoms with Gasteiger partial charge in [0.2, 0.25) is 0 Å². The lowest BCUT2D eigenvalue weighted by Gasteiger charge is -2.35. The molecule has 3 atom stereocenters. The first kappa shape index (κ1) is 21.2. The van der Waals surface area contributed by atoms with Crippen LogP contribution >= 0.6 is 0 Å². The number of ether oxygens (including phenoxy) is 2. The van der Waals surface area contributed by atoms with Crippen molar-refractivity contribution in [1.82, 2.24) is 0 Å². The zero-order valence-corrected chi connectivity index (χ0v) is 15.6. The summed E-state index contributed by atoms with van der Waals surface area (Å²) in [4.78, 5) is 32.5. The van der Waals surface area contributed by atoms with Crippen LogP contribution in [-0.2, 0) is 23.9 Å². The van der Waals surface area contributed by atoms with Gasteiger partial charge in [-0.05, 0) is 51.4 Å². The number of carboxylic acids is 1. The zero-order valence-electron chi connectivity index (χ0n) is 15.6. The van der Waals surface area contributed by atoms with Crippen LogP contribution in [-0.4, -0.2) is 36.2 Å². The first-order valence-electron chi connectivity index (χ1n) is 8.89. The first-order chi connectivity index (χ1) is 11.7. The molecule has 0 amide bonds. The number of hydrogen-bond donors (Lipinski definition) is 1. The fourth-order valence-electron chi connectivity index (χ4n) is 2.87. The van der Waals surface area contributed by atoms with Crippen LogP contribution in [0.15, 0.2) is 12.2 Å². The average Bonchev–Trinajstić information content (AvgIpc) is 2.59. The van der Waals surface area contributed by atoms with Crippen LogP contribution in [0.3, 0.4) is 0 Å². The molecule has 3 unspecified atom stereocenters. The number of allylic oxidation sites excluding steroid dienone is 2. The minimum atomic E-state index is -0.607. The number of carbonyl (C=O) groups excluding carboxylic acids is 2. The van der Waals surface area contributed by atoms with Gasteiger partial charge in [0.25, 0.3) is 0 Å². The standard InChI is InChI=1S/C10H18O4.C9H12O2/c1-5-10(3,4)9(12)14-7-6-13-8(2)11;10-9(11)8-5-6-1-3-7(8)4-2-6/h5-7H2,1-4H3;1,3,6-8H,2,4-5H2,(H,10,11). The van der Waals surface area contributed by atoms with Crippen molar-refractivity contribution in [1.29, 1.82) is 0 Å². The van der Waals surface area contributed by atoms with Gasteiger partial charge in [0.1, 0.15) is 13.2 Å². The van der Waals surface area contributed by atoms with Gasteiger partial charge in [-0.1, -0.05) is 19.1 Å². The van der Waals surface area contributed by atoms with Gasteiger partial charge < -0.3 is 14.6 Å². The third-order valence-corrected chi connectivity index (χ3v) is 4.95. The number of aliphatic carboxylic acids is 1. The van der Waals surface area contributed by atoms with Crippen molar-refractivity contribution in [3.05, 3.63) is 12.2 Å². The molecule has 3 rings (SSSR count). The lowest BCUT2D eigenvalue weighted by atomic mass is 9.69. The number of carbonyl (C=O) groups is 3. The Bertz CT molecular complexity index is 508. The van der Waals surface area contributed by atoms with E-state index in [0.717, 1.165) is 19.3 Å². The van der Waals surface area contributed by atoms with Crippen LogP contribution in [0.25, 0.3) is 0 Å². The summed E-state index contributed by atoms with van der Waals surface area (Å²) in [6.45, 7) is 7.14. The summed E-state index contributed by atoms with van der Waals surface area (Å²) < 4.78 is 9.55. The van der Waals surface area contributed by atoms with E-state index in [1.54, 1.807) is 0 Å². The Morgan fingerprint density at radius 1 is 1.12 bits per heavy atom. The monoisotopic (exact) mass is 354 g/mol. The molecule has 0 aliphatic heterocycles. The molecule has 3 aliphatic carbocycles. The Morgan fingerprint density at radius 3 is 2.12 bits per heavy atom. The summed E-state index contributed by atoms with van der Waals surface area (Å²) in [5.74, 6) is -0.427. The van der Waals surface area contributed by atoms with E-state index in [0.29, 0.717) is 11.8 Å². The maximum Gasteiger partial charge on any atom is 0.311 e. The first-order valence-corrected chi connectivity index (χ1v) is 8.89. The Morgan fingerprint density at radius 2 is 1.76 bits per heavy atom. The second-order valence-electron chi connectivity index (χ2n) is 7.28. The van der Waals surface area contributed by atoms with Gasteiger partial charge in [0.15, 0.2) is 0 Å². The highest BCUT2D eigenvalue weighted by molar-refractivity contribution is 5.75. The fourth-order valence-corrected chi connectivity index (χ4v) is 2.87. The van der Waals surface area contributed by atoms with Gasteiger partial charge in [0.05, 0.1) is 11.3 Å². The topological polar surface area (TPSA) is 89.9 Å². The molecule has 0 spiro atoms. The molecule has 0 aromatic carbocycles. The van der Waals surface area contributed by atoms with Gasteiger partial charge in [-0.25, -0.2) is 0 Å². The molecule has 1 saturated carbocycles. The van der Waals surface area contributed by atoms with Crippen LogP contribution in [0.1, 0.15) is 53.4 Å². The normalized spacial score (nSPS) is 24.1. The van der Waals surface area contributed by atoms with Gasteiger partial charge in [-0.15, -0.1) is 0 Å². The maximum atomic E-state index is 11.4. The van der Waals surface area contributed by atoms with Crippen molar-refractivity contribution in [2.45, 2.75) is 53.4 Å². The van der Waals surface area contributed by atoms with Gasteiger partial charge in [-0.2, -0.15) is 0 Å². The lowest BCUT2D eigenvalue weighted by Crippen LogP contribution is -2.32. The van der Waals surface area contributed by atoms with Crippen molar-refractivity contribution in [3.63, 3.8) is 0 Å². The average molecular weight is 354 g/mol. The van der Waals surface area contributed by atoms with Crippen molar-refractivity contribution in [2.75, 3.05) is 13.2 Å². The molecular formula is C19H30O6. The summed E-state index contributed by atoms with van der Waals surface area (Å²) in [6.07, 6.45) is 8.16. The molecule has 0 heterocycles. The Balaban J connectivity index is 0.000000255. The van der Waals surface area contributed by atoms with E-state index in [9.17, 15) is 14.4 Å². The van der Waals surface area contributed by atoms with E-state index in [-0.39, 0.29) is 31.1 Å². The van der Waals surface area contributed by atoms with E-state index in [4.69, 9.17) is 9.84 Å². The molecule has 2 bridgehead atoms. The Hall–Kier alpha value is -1.85. The zero-order chi connectivity index (χ0) is 19.0. The Labute approximate surface area is 149 Å². The van der Waals surface area contributed by atoms with Gasteiger partial charge in [-0.3, -0.25) is 14.4 Å². The minimum Gasteiger partial charge on any atom is -0.481 e. The summed E-state index contributed by atoms with van der Waals surface area (Å²) in [5.41, 5.74) is -0.462. The summed E-state index contributed by atoms with van der Waals surface area (Å²) in [5, 5.41) is 8.83. The minimum absolute atomic E-state index is 0.0845. The number of hydrogen-bond acceptors (Lipinski definition) is 5. The predicted octanol–water partition coefficient (Wildman–Crippen LogP) is 3.20. The molecule has 1 fully saturated rings. The van der Waals surface area contributed by atoms with E-state index < -0.39 is 11.4 Å². The van der Waals surface area contributed by atoms with E-state index in [1.165, 1.54) is 13.3 Å². The maximum absolute atomic E-state index is 11.4. The molecule has 25 heavy (non-hydrogen) atoms. The molecule has 1 N–H and O–H groups in total. The SMILES string of the molecule is CCC(C)(C)C(=O)OCCOC(C)=O.O=C(O)C1CC2C=CC1CC2. The lowest BCUT2D eigenvalue weighted by molar-refractivity contribution is -0.158. The largest absolute Gasteiger partial charge is 0.481 e. The highest BCUT2D eigenvalue weighted by Gasteiger charge is 2.35. The Kier molecular flexibility index (Phi) is 8.13. The number of fused-ring (bicyclic) bond motifs is 2. The van der Waals surface area contributed by atoms with Crippen LogP contribution in [0.2, 0.25) is 0 Å². The third-order valence-electron chi connectivity index (χ3n) is 4.95. The fraction of sp³-hybridized carbons (Fsp3) is 0.737. The van der Waals surface area contributed by atoms with Gasteiger partial charge in [0, 0.05) is 6.92 Å². The molecule has 0 saturated heterocycles. The number of rotatable bonds is 6. The summed E-state index contributed by atoms with van der Waals surface area (Å²) in [7, 11) is 0. The molecular weight excluding hydrogens is 324 g/mol. The van der Waals surface area contributed by atoms with Crippen LogP contribution < -0.4 is 0 Å². The molecule has 6 heteroatoms. The van der Waals surface area contributed by atoms with Gasteiger partial charge >= 0.3 is 17.9 Å². The second kappa shape index (κ2) is 9.59. The predicted molar refractivity (Wildman–Crippen MR) is 92.8 cm³/mol. The quantitative estimate of drug-likeness (QED) is 0.447. The third kappa shape index (κ3) is 6.88. The van der Waals surface area contributed by atoms with Crippen LogP contribution in [0, 0.1) is 23.2 Å². The molecule has 0 radical (unpaired) electrons.